The van der Waals surface area contributed by atoms with E-state index in [2.05, 4.69) is 5.32 Å². The van der Waals surface area contributed by atoms with E-state index in [-0.39, 0.29) is 12.6 Å². The van der Waals surface area contributed by atoms with Gasteiger partial charge in [0, 0.05) is 5.69 Å². The molecule has 1 atom stereocenters. The van der Waals surface area contributed by atoms with Crippen molar-refractivity contribution in [3.05, 3.63) is 60.2 Å². The highest BCUT2D eigenvalue weighted by molar-refractivity contribution is 5.48. The Labute approximate surface area is 107 Å². The van der Waals surface area contributed by atoms with Crippen LogP contribution in [0.2, 0.25) is 0 Å². The molecular formula is C15H17NO2. The van der Waals surface area contributed by atoms with Gasteiger partial charge in [0.15, 0.2) is 0 Å². The molecule has 0 aliphatic heterocycles. The summed E-state index contributed by atoms with van der Waals surface area (Å²) in [5.74, 6) is 0.820. The summed E-state index contributed by atoms with van der Waals surface area (Å²) in [4.78, 5) is 0. The van der Waals surface area contributed by atoms with Crippen molar-refractivity contribution in [3.8, 4) is 5.75 Å². The predicted molar refractivity (Wildman–Crippen MR) is 72.9 cm³/mol. The van der Waals surface area contributed by atoms with Gasteiger partial charge in [-0.05, 0) is 29.8 Å². The Morgan fingerprint density at radius 2 is 1.72 bits per heavy atom. The molecule has 2 rings (SSSR count). The Balaban J connectivity index is 2.10. The van der Waals surface area contributed by atoms with Gasteiger partial charge >= 0.3 is 0 Å². The normalized spacial score (nSPS) is 11.9. The van der Waals surface area contributed by atoms with E-state index in [0.717, 1.165) is 17.0 Å². The van der Waals surface area contributed by atoms with E-state index in [9.17, 15) is 5.11 Å². The number of anilines is 1. The Bertz CT molecular complexity index is 468. The first-order valence-electron chi connectivity index (χ1n) is 5.90. The SMILES string of the molecule is COc1ccc(NC(CO)c2ccccc2)cc1. The van der Waals surface area contributed by atoms with Crippen molar-refractivity contribution in [2.75, 3.05) is 19.0 Å². The summed E-state index contributed by atoms with van der Waals surface area (Å²) < 4.78 is 5.11. The van der Waals surface area contributed by atoms with Crippen LogP contribution in [0.4, 0.5) is 5.69 Å². The number of aliphatic hydroxyl groups excluding tert-OH is 1. The Hall–Kier alpha value is -2.00. The summed E-state index contributed by atoms with van der Waals surface area (Å²) >= 11 is 0. The van der Waals surface area contributed by atoms with Crippen LogP contribution < -0.4 is 10.1 Å². The minimum atomic E-state index is -0.0976. The molecule has 0 heterocycles. The average Bonchev–Trinajstić information content (AvgIpc) is 2.46. The highest BCUT2D eigenvalue weighted by Crippen LogP contribution is 2.21. The van der Waals surface area contributed by atoms with E-state index in [1.807, 2.05) is 54.6 Å². The molecule has 2 aromatic carbocycles. The predicted octanol–water partition coefficient (Wildman–Crippen LogP) is 2.84. The Morgan fingerprint density at radius 3 is 2.28 bits per heavy atom. The van der Waals surface area contributed by atoms with E-state index in [1.54, 1.807) is 7.11 Å². The smallest absolute Gasteiger partial charge is 0.119 e. The van der Waals surface area contributed by atoms with Crippen molar-refractivity contribution in [1.82, 2.24) is 0 Å². The fourth-order valence-corrected chi connectivity index (χ4v) is 1.81. The molecule has 0 aliphatic carbocycles. The van der Waals surface area contributed by atoms with Crippen molar-refractivity contribution in [1.29, 1.82) is 0 Å². The maximum absolute atomic E-state index is 9.45. The third-order valence-corrected chi connectivity index (χ3v) is 2.82. The number of aliphatic hydroxyl groups is 1. The van der Waals surface area contributed by atoms with Crippen molar-refractivity contribution in [3.63, 3.8) is 0 Å². The van der Waals surface area contributed by atoms with Gasteiger partial charge in [-0.1, -0.05) is 30.3 Å². The minimum Gasteiger partial charge on any atom is -0.497 e. The first-order valence-corrected chi connectivity index (χ1v) is 5.90. The van der Waals surface area contributed by atoms with Crippen molar-refractivity contribution in [2.24, 2.45) is 0 Å². The molecule has 2 aromatic rings. The molecule has 0 aliphatic rings. The van der Waals surface area contributed by atoms with Crippen molar-refractivity contribution < 1.29 is 9.84 Å². The van der Waals surface area contributed by atoms with Gasteiger partial charge in [-0.3, -0.25) is 0 Å². The lowest BCUT2D eigenvalue weighted by Gasteiger charge is -2.18. The van der Waals surface area contributed by atoms with Crippen LogP contribution >= 0.6 is 0 Å². The third kappa shape index (κ3) is 3.02. The van der Waals surface area contributed by atoms with Gasteiger partial charge in [0.05, 0.1) is 19.8 Å². The molecule has 0 bridgehead atoms. The van der Waals surface area contributed by atoms with Crippen molar-refractivity contribution >= 4 is 5.69 Å². The molecule has 0 aromatic heterocycles. The highest BCUT2D eigenvalue weighted by Gasteiger charge is 2.09. The summed E-state index contributed by atoms with van der Waals surface area (Å²) in [6.45, 7) is 0.0516. The van der Waals surface area contributed by atoms with E-state index in [0.29, 0.717) is 0 Å². The number of benzene rings is 2. The molecule has 18 heavy (non-hydrogen) atoms. The largest absolute Gasteiger partial charge is 0.497 e. The number of hydrogen-bond acceptors (Lipinski definition) is 3. The summed E-state index contributed by atoms with van der Waals surface area (Å²) in [5.41, 5.74) is 2.02. The molecule has 3 heteroatoms. The zero-order valence-corrected chi connectivity index (χ0v) is 10.3. The van der Waals surface area contributed by atoms with Crippen LogP contribution in [0.5, 0.6) is 5.75 Å². The standard InChI is InChI=1S/C15H17NO2/c1-18-14-9-7-13(8-10-14)16-15(11-17)12-5-3-2-4-6-12/h2-10,15-17H,11H2,1H3. The number of hydrogen-bond donors (Lipinski definition) is 2. The lowest BCUT2D eigenvalue weighted by Crippen LogP contribution is -2.14. The lowest BCUT2D eigenvalue weighted by molar-refractivity contribution is 0.276. The van der Waals surface area contributed by atoms with Gasteiger partial charge in [-0.15, -0.1) is 0 Å². The number of nitrogens with one attached hydrogen (secondary N) is 1. The average molecular weight is 243 g/mol. The van der Waals surface area contributed by atoms with Crippen LogP contribution in [-0.2, 0) is 0 Å². The van der Waals surface area contributed by atoms with Gasteiger partial charge in [0.1, 0.15) is 5.75 Å². The maximum Gasteiger partial charge on any atom is 0.119 e. The van der Waals surface area contributed by atoms with Crippen LogP contribution in [-0.4, -0.2) is 18.8 Å². The second-order valence-corrected chi connectivity index (χ2v) is 4.02. The molecule has 2 N–H and O–H groups in total. The third-order valence-electron chi connectivity index (χ3n) is 2.82. The first kappa shape index (κ1) is 12.5. The van der Waals surface area contributed by atoms with Crippen LogP contribution in [0, 0.1) is 0 Å². The lowest BCUT2D eigenvalue weighted by atomic mass is 10.1. The molecule has 0 radical (unpaired) electrons. The second kappa shape index (κ2) is 6.07. The molecular weight excluding hydrogens is 226 g/mol. The van der Waals surface area contributed by atoms with Gasteiger partial charge in [-0.25, -0.2) is 0 Å². The zero-order valence-electron chi connectivity index (χ0n) is 10.3. The Morgan fingerprint density at radius 1 is 1.06 bits per heavy atom. The zero-order chi connectivity index (χ0) is 12.8. The van der Waals surface area contributed by atoms with Gasteiger partial charge in [0.2, 0.25) is 0 Å². The van der Waals surface area contributed by atoms with E-state index in [4.69, 9.17) is 4.74 Å². The summed E-state index contributed by atoms with van der Waals surface area (Å²) in [7, 11) is 1.64. The molecule has 3 nitrogen and oxygen atoms in total. The van der Waals surface area contributed by atoms with Crippen LogP contribution in [0.1, 0.15) is 11.6 Å². The van der Waals surface area contributed by atoms with E-state index >= 15 is 0 Å². The minimum absolute atomic E-state index is 0.0516. The monoisotopic (exact) mass is 243 g/mol. The molecule has 1 unspecified atom stereocenters. The van der Waals surface area contributed by atoms with Crippen LogP contribution in [0.25, 0.3) is 0 Å². The first-order chi connectivity index (χ1) is 8.83. The van der Waals surface area contributed by atoms with Gasteiger partial charge in [0.25, 0.3) is 0 Å². The van der Waals surface area contributed by atoms with Gasteiger partial charge < -0.3 is 15.2 Å². The van der Waals surface area contributed by atoms with Crippen LogP contribution in [0.15, 0.2) is 54.6 Å². The summed E-state index contributed by atoms with van der Waals surface area (Å²) in [6, 6.07) is 17.4. The molecule has 0 saturated heterocycles. The molecule has 94 valence electrons. The summed E-state index contributed by atoms with van der Waals surface area (Å²) in [6.07, 6.45) is 0. The number of methoxy groups -OCH3 is 1. The fraction of sp³-hybridized carbons (Fsp3) is 0.200. The van der Waals surface area contributed by atoms with Gasteiger partial charge in [-0.2, -0.15) is 0 Å². The highest BCUT2D eigenvalue weighted by atomic mass is 16.5. The molecule has 0 saturated carbocycles. The van der Waals surface area contributed by atoms with Crippen LogP contribution in [0.3, 0.4) is 0 Å². The quantitative estimate of drug-likeness (QED) is 0.848. The van der Waals surface area contributed by atoms with E-state index < -0.39 is 0 Å². The molecule has 0 fully saturated rings. The Kier molecular flexibility index (Phi) is 4.20. The number of rotatable bonds is 5. The number of ether oxygens (including phenoxy) is 1. The summed E-state index contributed by atoms with van der Waals surface area (Å²) in [5, 5.41) is 12.7. The molecule has 0 amide bonds. The fourth-order valence-electron chi connectivity index (χ4n) is 1.81. The topological polar surface area (TPSA) is 41.5 Å². The second-order valence-electron chi connectivity index (χ2n) is 4.02. The van der Waals surface area contributed by atoms with Crippen molar-refractivity contribution in [2.45, 2.75) is 6.04 Å². The maximum atomic E-state index is 9.45. The van der Waals surface area contributed by atoms with E-state index in [1.165, 1.54) is 0 Å². The molecule has 0 spiro atoms.